The van der Waals surface area contributed by atoms with Crippen molar-refractivity contribution in [3.8, 4) is 11.6 Å². The molecule has 0 aliphatic rings. The molecule has 2 aromatic carbocycles. The molecule has 3 aromatic rings. The van der Waals surface area contributed by atoms with Crippen molar-refractivity contribution in [2.75, 3.05) is 13.7 Å². The zero-order valence-corrected chi connectivity index (χ0v) is 19.3. The third-order valence-corrected chi connectivity index (χ3v) is 5.75. The van der Waals surface area contributed by atoms with Crippen molar-refractivity contribution in [1.82, 2.24) is 4.98 Å². The maximum atomic E-state index is 13.0. The van der Waals surface area contributed by atoms with E-state index < -0.39 is 5.97 Å². The van der Waals surface area contributed by atoms with Crippen molar-refractivity contribution in [3.05, 3.63) is 96.1 Å². The van der Waals surface area contributed by atoms with E-state index in [0.717, 1.165) is 35.6 Å². The fraction of sp³-hybridized carbons (Fsp3) is 0.231. The first-order valence-corrected chi connectivity index (χ1v) is 11.5. The molecule has 1 aromatic heterocycles. The number of pyridine rings is 1. The highest BCUT2D eigenvalue weighted by molar-refractivity contribution is 7.98. The molecule has 7 heteroatoms. The van der Waals surface area contributed by atoms with E-state index in [2.05, 4.69) is 11.6 Å². The Labute approximate surface area is 197 Å². The second-order valence-electron chi connectivity index (χ2n) is 7.18. The van der Waals surface area contributed by atoms with Crippen LogP contribution in [-0.2, 0) is 21.7 Å². The lowest BCUT2D eigenvalue weighted by molar-refractivity contribution is -0.134. The predicted molar refractivity (Wildman–Crippen MR) is 127 cm³/mol. The van der Waals surface area contributed by atoms with Crippen molar-refractivity contribution in [2.24, 2.45) is 0 Å². The number of thioether (sulfide) groups is 1. The zero-order valence-electron chi connectivity index (χ0n) is 18.5. The molecule has 5 nitrogen and oxygen atoms in total. The second kappa shape index (κ2) is 12.6. The molecule has 33 heavy (non-hydrogen) atoms. The number of esters is 1. The minimum Gasteiger partial charge on any atom is -0.497 e. The van der Waals surface area contributed by atoms with Gasteiger partial charge in [-0.3, -0.25) is 0 Å². The summed E-state index contributed by atoms with van der Waals surface area (Å²) in [7, 11) is 1.65. The van der Waals surface area contributed by atoms with Crippen molar-refractivity contribution in [3.63, 3.8) is 0 Å². The fourth-order valence-corrected chi connectivity index (χ4v) is 3.72. The summed E-state index contributed by atoms with van der Waals surface area (Å²) in [6.45, 7) is 4.04. The van der Waals surface area contributed by atoms with Crippen LogP contribution in [0.1, 0.15) is 24.1 Å². The maximum Gasteiger partial charge on any atom is 0.379 e. The van der Waals surface area contributed by atoms with E-state index in [0.29, 0.717) is 12.4 Å². The first-order chi connectivity index (χ1) is 16.0. The van der Waals surface area contributed by atoms with E-state index in [1.807, 2.05) is 30.3 Å². The number of halogens is 1. The van der Waals surface area contributed by atoms with Gasteiger partial charge < -0.3 is 14.2 Å². The number of benzene rings is 2. The number of methoxy groups -OCH3 is 1. The topological polar surface area (TPSA) is 57.7 Å². The second-order valence-corrected chi connectivity index (χ2v) is 8.22. The van der Waals surface area contributed by atoms with Crippen molar-refractivity contribution in [1.29, 1.82) is 0 Å². The number of unbranched alkanes of at least 4 members (excludes halogenated alkanes) is 1. The molecule has 0 saturated heterocycles. The number of rotatable bonds is 12. The van der Waals surface area contributed by atoms with E-state index in [-0.39, 0.29) is 17.5 Å². The van der Waals surface area contributed by atoms with E-state index in [1.54, 1.807) is 31.4 Å². The number of carbonyl (C=O) groups is 1. The Morgan fingerprint density at radius 1 is 1.03 bits per heavy atom. The van der Waals surface area contributed by atoms with E-state index in [4.69, 9.17) is 14.2 Å². The van der Waals surface area contributed by atoms with Gasteiger partial charge in [-0.1, -0.05) is 18.2 Å². The highest BCUT2D eigenvalue weighted by Gasteiger charge is 2.13. The quantitative estimate of drug-likeness (QED) is 0.107. The molecular formula is C26H26FNO4S. The summed E-state index contributed by atoms with van der Waals surface area (Å²) in [5.74, 6) is 0.590. The lowest BCUT2D eigenvalue weighted by Crippen LogP contribution is -2.14. The summed E-state index contributed by atoms with van der Waals surface area (Å²) in [4.78, 5) is 17.5. The molecule has 0 fully saturated rings. The van der Waals surface area contributed by atoms with Crippen LogP contribution in [0, 0.1) is 5.82 Å². The van der Waals surface area contributed by atoms with Crippen LogP contribution < -0.4 is 9.47 Å². The van der Waals surface area contributed by atoms with Gasteiger partial charge in [0, 0.05) is 16.7 Å². The molecule has 0 unspecified atom stereocenters. The fourth-order valence-electron chi connectivity index (χ4n) is 2.91. The molecule has 0 aliphatic carbocycles. The van der Waals surface area contributed by atoms with Crippen LogP contribution in [-0.4, -0.2) is 24.7 Å². The third-order valence-electron chi connectivity index (χ3n) is 4.70. The summed E-state index contributed by atoms with van der Waals surface area (Å²) < 4.78 is 28.9. The van der Waals surface area contributed by atoms with Crippen LogP contribution >= 0.6 is 11.8 Å². The van der Waals surface area contributed by atoms with Crippen molar-refractivity contribution in [2.45, 2.75) is 29.9 Å². The van der Waals surface area contributed by atoms with Gasteiger partial charge in [-0.05, 0) is 73.9 Å². The molecule has 0 bridgehead atoms. The Morgan fingerprint density at radius 3 is 2.52 bits per heavy atom. The van der Waals surface area contributed by atoms with Crippen LogP contribution in [0.25, 0.3) is 0 Å². The summed E-state index contributed by atoms with van der Waals surface area (Å²) >= 11 is 1.51. The van der Waals surface area contributed by atoms with Crippen molar-refractivity contribution >= 4 is 17.7 Å². The summed E-state index contributed by atoms with van der Waals surface area (Å²) in [5, 5.41) is 0. The van der Waals surface area contributed by atoms with Gasteiger partial charge in [-0.25, -0.2) is 14.2 Å². The third kappa shape index (κ3) is 8.27. The van der Waals surface area contributed by atoms with Gasteiger partial charge in [0.25, 0.3) is 0 Å². The lowest BCUT2D eigenvalue weighted by atomic mass is 10.1. The Bertz CT molecular complexity index is 1050. The largest absolute Gasteiger partial charge is 0.497 e. The van der Waals surface area contributed by atoms with Gasteiger partial charge in [0.2, 0.25) is 5.88 Å². The molecule has 1 heterocycles. The normalized spacial score (nSPS) is 10.5. The first kappa shape index (κ1) is 24.3. The monoisotopic (exact) mass is 467 g/mol. The molecule has 172 valence electrons. The van der Waals surface area contributed by atoms with Gasteiger partial charge in [0.1, 0.15) is 11.6 Å². The molecule has 0 spiro atoms. The highest BCUT2D eigenvalue weighted by atomic mass is 32.2. The SMILES string of the molecule is C=C(OCCCCc1ccc(OC)cc1)C(=O)Oc1cccc(CSc2ccc(F)cc2)n1. The number of nitrogens with zero attached hydrogens (tertiary/aromatic N) is 1. The molecule has 0 N–H and O–H groups in total. The van der Waals surface area contributed by atoms with E-state index in [9.17, 15) is 9.18 Å². The standard InChI is InChI=1S/C26H26FNO4S/c1-19(31-17-4-3-6-20-9-13-23(30-2)14-10-20)26(29)32-25-8-5-7-22(28-25)18-33-24-15-11-21(27)12-16-24/h5,7-16H,1,3-4,6,17-18H2,2H3. The first-order valence-electron chi connectivity index (χ1n) is 10.5. The zero-order chi connectivity index (χ0) is 23.5. The van der Waals surface area contributed by atoms with Crippen LogP contribution in [0.15, 0.2) is 84.0 Å². The average molecular weight is 468 g/mol. The molecule has 0 saturated carbocycles. The van der Waals surface area contributed by atoms with Gasteiger partial charge in [-0.15, -0.1) is 11.8 Å². The lowest BCUT2D eigenvalue weighted by Gasteiger charge is -2.09. The Morgan fingerprint density at radius 2 is 1.79 bits per heavy atom. The molecule has 0 aliphatic heterocycles. The Balaban J connectivity index is 1.37. The summed E-state index contributed by atoms with van der Waals surface area (Å²) in [6, 6.07) is 19.4. The smallest absolute Gasteiger partial charge is 0.379 e. The van der Waals surface area contributed by atoms with Crippen LogP contribution in [0.5, 0.6) is 11.6 Å². The van der Waals surface area contributed by atoms with E-state index in [1.165, 1.54) is 29.5 Å². The Kier molecular flexibility index (Phi) is 9.32. The van der Waals surface area contributed by atoms with Crippen LogP contribution in [0.3, 0.4) is 0 Å². The summed E-state index contributed by atoms with van der Waals surface area (Å²) in [6.07, 6.45) is 2.62. The number of hydrogen-bond acceptors (Lipinski definition) is 6. The number of aromatic nitrogens is 1. The van der Waals surface area contributed by atoms with Crippen LogP contribution in [0.4, 0.5) is 4.39 Å². The molecule has 0 radical (unpaired) electrons. The average Bonchev–Trinajstić information content (AvgIpc) is 2.84. The minimum absolute atomic E-state index is 0.0488. The molecule has 0 amide bonds. The van der Waals surface area contributed by atoms with Gasteiger partial charge >= 0.3 is 5.97 Å². The molecule has 3 rings (SSSR count). The number of carbonyl (C=O) groups excluding carboxylic acids is 1. The van der Waals surface area contributed by atoms with Gasteiger partial charge in [0.05, 0.1) is 19.4 Å². The summed E-state index contributed by atoms with van der Waals surface area (Å²) in [5.41, 5.74) is 1.96. The van der Waals surface area contributed by atoms with Gasteiger partial charge in [0.15, 0.2) is 5.76 Å². The number of hydrogen-bond donors (Lipinski definition) is 0. The predicted octanol–water partition coefficient (Wildman–Crippen LogP) is 5.98. The van der Waals surface area contributed by atoms with Crippen LogP contribution in [0.2, 0.25) is 0 Å². The molecule has 0 atom stereocenters. The Hall–Kier alpha value is -3.32. The van der Waals surface area contributed by atoms with Crippen molar-refractivity contribution < 1.29 is 23.4 Å². The highest BCUT2D eigenvalue weighted by Crippen LogP contribution is 2.23. The minimum atomic E-state index is -0.666. The number of aryl methyl sites for hydroxylation is 1. The molecular weight excluding hydrogens is 441 g/mol. The van der Waals surface area contributed by atoms with E-state index >= 15 is 0 Å². The maximum absolute atomic E-state index is 13.0. The van der Waals surface area contributed by atoms with Gasteiger partial charge in [-0.2, -0.15) is 0 Å². The number of ether oxygens (including phenoxy) is 3.